The number of nitrogens with one attached hydrogen (secondary N) is 3. The van der Waals surface area contributed by atoms with Crippen molar-refractivity contribution in [2.24, 2.45) is 11.8 Å². The Morgan fingerprint density at radius 3 is 2.18 bits per heavy atom. The van der Waals surface area contributed by atoms with Gasteiger partial charge < -0.3 is 20.5 Å². The summed E-state index contributed by atoms with van der Waals surface area (Å²) in [5.74, 6) is 1.45. The van der Waals surface area contributed by atoms with Gasteiger partial charge in [-0.15, -0.1) is 0 Å². The van der Waals surface area contributed by atoms with E-state index in [9.17, 15) is 4.79 Å². The van der Waals surface area contributed by atoms with E-state index in [1.165, 1.54) is 30.4 Å². The molecule has 3 heterocycles. The average molecular weight is 515 g/mol. The van der Waals surface area contributed by atoms with E-state index in [-0.39, 0.29) is 11.3 Å². The molecule has 2 aromatic carbocycles. The zero-order chi connectivity index (χ0) is 26.5. The van der Waals surface area contributed by atoms with Crippen molar-refractivity contribution in [2.75, 3.05) is 32.7 Å². The van der Waals surface area contributed by atoms with Gasteiger partial charge in [0.05, 0.1) is 5.56 Å². The standard InChI is InChI=1S/C33H46N4O/c1-33(2,3)28-9-6-26(7-10-28)27-8-11-31-29(21-27)30(32(38)36-22-25-14-18-35-19-15-25)23-37(31)20-4-5-24-12-16-34-17-13-24/h6-11,21,23-25,34-35H,4-5,12-20,22H2,1-3H3,(H,36,38). The Hall–Kier alpha value is -2.63. The van der Waals surface area contributed by atoms with Crippen molar-refractivity contribution in [1.82, 2.24) is 20.5 Å². The third kappa shape index (κ3) is 6.50. The number of aryl methyl sites for hydroxylation is 1. The van der Waals surface area contributed by atoms with Gasteiger partial charge in [-0.25, -0.2) is 0 Å². The van der Waals surface area contributed by atoms with Crippen LogP contribution in [0.5, 0.6) is 0 Å². The van der Waals surface area contributed by atoms with Gasteiger partial charge in [0.15, 0.2) is 0 Å². The number of carbonyl (C=O) groups excluding carboxylic acids is 1. The summed E-state index contributed by atoms with van der Waals surface area (Å²) < 4.78 is 2.32. The van der Waals surface area contributed by atoms with E-state index in [4.69, 9.17) is 0 Å². The van der Waals surface area contributed by atoms with Crippen molar-refractivity contribution >= 4 is 16.8 Å². The Morgan fingerprint density at radius 2 is 1.53 bits per heavy atom. The maximum Gasteiger partial charge on any atom is 0.253 e. The maximum atomic E-state index is 13.5. The molecule has 2 fully saturated rings. The first-order valence-electron chi connectivity index (χ1n) is 14.8. The zero-order valence-electron chi connectivity index (χ0n) is 23.6. The van der Waals surface area contributed by atoms with Gasteiger partial charge in [0.25, 0.3) is 5.91 Å². The number of carbonyl (C=O) groups is 1. The molecule has 1 aromatic heterocycles. The molecule has 0 atom stereocenters. The number of aromatic nitrogens is 1. The summed E-state index contributed by atoms with van der Waals surface area (Å²) in [7, 11) is 0. The number of benzene rings is 2. The van der Waals surface area contributed by atoms with Crippen LogP contribution in [-0.4, -0.2) is 43.2 Å². The van der Waals surface area contributed by atoms with E-state index in [0.29, 0.717) is 5.92 Å². The molecule has 3 aromatic rings. The van der Waals surface area contributed by atoms with Gasteiger partial charge in [0.1, 0.15) is 0 Å². The van der Waals surface area contributed by atoms with Gasteiger partial charge in [-0.05, 0) is 111 Å². The molecule has 0 bridgehead atoms. The van der Waals surface area contributed by atoms with Crippen molar-refractivity contribution in [3.63, 3.8) is 0 Å². The minimum Gasteiger partial charge on any atom is -0.352 e. The van der Waals surface area contributed by atoms with Crippen molar-refractivity contribution in [3.8, 4) is 11.1 Å². The zero-order valence-corrected chi connectivity index (χ0v) is 23.6. The largest absolute Gasteiger partial charge is 0.352 e. The van der Waals surface area contributed by atoms with Crippen LogP contribution in [-0.2, 0) is 12.0 Å². The van der Waals surface area contributed by atoms with Gasteiger partial charge in [0, 0.05) is 30.2 Å². The van der Waals surface area contributed by atoms with E-state index >= 15 is 0 Å². The number of rotatable bonds is 8. The Balaban J connectivity index is 1.38. The summed E-state index contributed by atoms with van der Waals surface area (Å²) in [5, 5.41) is 11.2. The highest BCUT2D eigenvalue weighted by atomic mass is 16.1. The third-order valence-electron chi connectivity index (χ3n) is 8.69. The van der Waals surface area contributed by atoms with Gasteiger partial charge in [0.2, 0.25) is 0 Å². The van der Waals surface area contributed by atoms with Crippen LogP contribution in [0.15, 0.2) is 48.7 Å². The first-order chi connectivity index (χ1) is 18.4. The van der Waals surface area contributed by atoms with Crippen LogP contribution >= 0.6 is 0 Å². The molecule has 0 radical (unpaired) electrons. The molecular weight excluding hydrogens is 468 g/mol. The predicted octanol–water partition coefficient (Wildman–Crippen LogP) is 6.12. The monoisotopic (exact) mass is 514 g/mol. The molecule has 38 heavy (non-hydrogen) atoms. The maximum absolute atomic E-state index is 13.5. The minimum absolute atomic E-state index is 0.0610. The van der Waals surface area contributed by atoms with Crippen molar-refractivity contribution < 1.29 is 4.79 Å². The molecule has 2 aliphatic rings. The van der Waals surface area contributed by atoms with Gasteiger partial charge in [-0.1, -0.05) is 51.1 Å². The lowest BCUT2D eigenvalue weighted by Crippen LogP contribution is -2.35. The molecule has 2 aliphatic heterocycles. The predicted molar refractivity (Wildman–Crippen MR) is 159 cm³/mol. The van der Waals surface area contributed by atoms with E-state index in [1.807, 2.05) is 0 Å². The summed E-state index contributed by atoms with van der Waals surface area (Å²) in [4.78, 5) is 13.5. The molecule has 204 valence electrons. The van der Waals surface area contributed by atoms with E-state index in [2.05, 4.69) is 90.0 Å². The number of piperidine rings is 2. The molecule has 5 rings (SSSR count). The molecule has 5 nitrogen and oxygen atoms in total. The highest BCUT2D eigenvalue weighted by Crippen LogP contribution is 2.31. The quantitative estimate of drug-likeness (QED) is 0.340. The Kier molecular flexibility index (Phi) is 8.54. The lowest BCUT2D eigenvalue weighted by Gasteiger charge is -2.22. The van der Waals surface area contributed by atoms with E-state index < -0.39 is 0 Å². The van der Waals surface area contributed by atoms with Crippen molar-refractivity contribution in [2.45, 2.75) is 71.3 Å². The Morgan fingerprint density at radius 1 is 0.895 bits per heavy atom. The molecule has 0 unspecified atom stereocenters. The van der Waals surface area contributed by atoms with E-state index in [0.717, 1.165) is 86.5 Å². The number of hydrogen-bond acceptors (Lipinski definition) is 3. The molecule has 1 amide bonds. The molecule has 5 heteroatoms. The SMILES string of the molecule is CC(C)(C)c1ccc(-c2ccc3c(c2)c(C(=O)NCC2CCNCC2)cn3CCCC2CCNCC2)cc1. The average Bonchev–Trinajstić information content (AvgIpc) is 3.30. The number of amides is 1. The smallest absolute Gasteiger partial charge is 0.253 e. The van der Waals surface area contributed by atoms with Crippen LogP contribution in [0.1, 0.15) is 75.2 Å². The van der Waals surface area contributed by atoms with Crippen molar-refractivity contribution in [1.29, 1.82) is 0 Å². The molecule has 3 N–H and O–H groups in total. The normalized spacial score (nSPS) is 17.7. The highest BCUT2D eigenvalue weighted by molar-refractivity contribution is 6.08. The summed E-state index contributed by atoms with van der Waals surface area (Å²) >= 11 is 0. The molecule has 0 spiro atoms. The summed E-state index contributed by atoms with van der Waals surface area (Å²) in [6.07, 6.45) is 9.36. The second-order valence-electron chi connectivity index (χ2n) is 12.5. The number of hydrogen-bond donors (Lipinski definition) is 3. The Labute approximate surface area is 228 Å². The minimum atomic E-state index is 0.0610. The van der Waals surface area contributed by atoms with Crippen LogP contribution in [0.3, 0.4) is 0 Å². The second-order valence-corrected chi connectivity index (χ2v) is 12.5. The molecule has 0 aliphatic carbocycles. The molecular formula is C33H46N4O. The first-order valence-corrected chi connectivity index (χ1v) is 14.8. The fourth-order valence-corrected chi connectivity index (χ4v) is 6.14. The third-order valence-corrected chi connectivity index (χ3v) is 8.69. The van der Waals surface area contributed by atoms with Crippen molar-refractivity contribution in [3.05, 3.63) is 59.8 Å². The Bertz CT molecular complexity index is 1210. The summed E-state index contributed by atoms with van der Waals surface area (Å²) in [6, 6.07) is 15.6. The second kappa shape index (κ2) is 12.0. The topological polar surface area (TPSA) is 58.1 Å². The van der Waals surface area contributed by atoms with Crippen LogP contribution < -0.4 is 16.0 Å². The van der Waals surface area contributed by atoms with Crippen LogP contribution in [0.2, 0.25) is 0 Å². The lowest BCUT2D eigenvalue weighted by molar-refractivity contribution is 0.0945. The molecule has 0 saturated carbocycles. The number of fused-ring (bicyclic) bond motifs is 1. The lowest BCUT2D eigenvalue weighted by atomic mass is 9.86. The van der Waals surface area contributed by atoms with E-state index in [1.54, 1.807) is 0 Å². The van der Waals surface area contributed by atoms with Crippen LogP contribution in [0.4, 0.5) is 0 Å². The van der Waals surface area contributed by atoms with Gasteiger partial charge in [-0.2, -0.15) is 0 Å². The summed E-state index contributed by atoms with van der Waals surface area (Å²) in [5.41, 5.74) is 5.80. The summed E-state index contributed by atoms with van der Waals surface area (Å²) in [6.45, 7) is 12.9. The fraction of sp³-hybridized carbons (Fsp3) is 0.545. The van der Waals surface area contributed by atoms with Gasteiger partial charge in [-0.3, -0.25) is 4.79 Å². The van der Waals surface area contributed by atoms with Crippen LogP contribution in [0.25, 0.3) is 22.0 Å². The van der Waals surface area contributed by atoms with Crippen LogP contribution in [0, 0.1) is 11.8 Å². The fourth-order valence-electron chi connectivity index (χ4n) is 6.14. The molecule has 2 saturated heterocycles. The highest BCUT2D eigenvalue weighted by Gasteiger charge is 2.20. The van der Waals surface area contributed by atoms with Gasteiger partial charge >= 0.3 is 0 Å². The first kappa shape index (κ1) is 27.0. The number of nitrogens with zero attached hydrogens (tertiary/aromatic N) is 1.